The van der Waals surface area contributed by atoms with Crippen molar-refractivity contribution < 1.29 is 67.8 Å². The van der Waals surface area contributed by atoms with Crippen LogP contribution in [-0.4, -0.2) is 47.5 Å². The number of ketones is 1. The summed E-state index contributed by atoms with van der Waals surface area (Å²) in [6.07, 6.45) is -0.662. The minimum atomic E-state index is -1.52. The van der Waals surface area contributed by atoms with Crippen LogP contribution in [0.5, 0.6) is 23.0 Å². The first-order valence-corrected chi connectivity index (χ1v) is 14.0. The Bertz CT molecular complexity index is 1610. The van der Waals surface area contributed by atoms with Gasteiger partial charge in [-0.15, -0.1) is 0 Å². The molecule has 0 saturated carbocycles. The summed E-state index contributed by atoms with van der Waals surface area (Å²) < 4.78 is 28.4. The van der Waals surface area contributed by atoms with Gasteiger partial charge in [-0.25, -0.2) is 4.63 Å². The Kier molecular flexibility index (Phi) is 12.0. The second-order valence-electron chi connectivity index (χ2n) is 10.8. The zero-order valence-electron chi connectivity index (χ0n) is 26.3. The van der Waals surface area contributed by atoms with Crippen LogP contribution in [0.25, 0.3) is 16.6 Å². The number of allylic oxidation sites excluding steroid dienone is 1. The van der Waals surface area contributed by atoms with Crippen molar-refractivity contribution in [3.63, 3.8) is 0 Å². The molecule has 0 aliphatic heterocycles. The number of rotatable bonds is 13. The van der Waals surface area contributed by atoms with Crippen molar-refractivity contribution in [3.8, 4) is 23.0 Å². The van der Waals surface area contributed by atoms with E-state index in [1.807, 2.05) is 41.5 Å². The number of aliphatic carboxylic acids is 1. The third kappa shape index (κ3) is 8.40. The summed E-state index contributed by atoms with van der Waals surface area (Å²) in [6, 6.07) is 14.5. The molecule has 4 rings (SSSR count). The molecule has 0 radical (unpaired) electrons. The number of benzene rings is 3. The molecule has 0 atom stereocenters. The molecule has 0 spiro atoms. The number of nitrogens with zero attached hydrogens (tertiary/aromatic N) is 2. The van der Waals surface area contributed by atoms with Crippen molar-refractivity contribution >= 4 is 28.4 Å². The average Bonchev–Trinajstić information content (AvgIpc) is 3.41. The quantitative estimate of drug-likeness (QED) is 0.126. The fraction of sp³-hybridized carbons (Fsp3) is 0.333. The van der Waals surface area contributed by atoms with E-state index in [0.29, 0.717) is 39.6 Å². The summed E-state index contributed by atoms with van der Waals surface area (Å²) in [6.45, 7) is 11.3. The number of Topliss-reactive ketones (excluding diaryl/α,β-unsaturated/α-hetero) is 1. The van der Waals surface area contributed by atoms with Gasteiger partial charge in [0.25, 0.3) is 0 Å². The number of hydrogen-bond donors (Lipinski definition) is 0. The number of carbonyl (C=O) groups excluding carboxylic acids is 2. The van der Waals surface area contributed by atoms with Crippen LogP contribution in [-0.2, 0) is 11.2 Å². The summed E-state index contributed by atoms with van der Waals surface area (Å²) in [5, 5.41) is 20.4. The molecule has 44 heavy (non-hydrogen) atoms. The molecule has 0 saturated heterocycles. The zero-order chi connectivity index (χ0) is 31.3. The third-order valence-corrected chi connectivity index (χ3v) is 6.21. The zero-order valence-corrected chi connectivity index (χ0v) is 28.3. The van der Waals surface area contributed by atoms with Gasteiger partial charge < -0.3 is 28.8 Å². The Balaban J connectivity index is 0.00000529. The summed E-state index contributed by atoms with van der Waals surface area (Å²) >= 11 is 0. The number of methoxy groups -OCH3 is 1. The van der Waals surface area contributed by atoms with E-state index in [1.54, 1.807) is 48.5 Å². The molecule has 0 bridgehead atoms. The van der Waals surface area contributed by atoms with Crippen molar-refractivity contribution in [2.75, 3.05) is 7.11 Å². The van der Waals surface area contributed by atoms with Crippen LogP contribution in [0, 0.1) is 0 Å². The molecular weight excluding hydrogens is 575 g/mol. The molecule has 4 aromatic rings. The molecule has 11 heteroatoms. The van der Waals surface area contributed by atoms with E-state index < -0.39 is 11.8 Å². The van der Waals surface area contributed by atoms with E-state index in [2.05, 4.69) is 10.3 Å². The van der Waals surface area contributed by atoms with Crippen molar-refractivity contribution in [1.29, 1.82) is 0 Å². The van der Waals surface area contributed by atoms with E-state index >= 15 is 0 Å². The molecule has 0 N–H and O–H groups in total. The molecule has 0 unspecified atom stereocenters. The van der Waals surface area contributed by atoms with E-state index in [0.717, 1.165) is 0 Å². The van der Waals surface area contributed by atoms with Gasteiger partial charge in [0, 0.05) is 23.1 Å². The van der Waals surface area contributed by atoms with Crippen molar-refractivity contribution in [2.45, 2.75) is 66.3 Å². The maximum absolute atomic E-state index is 14.1. The smallest absolute Gasteiger partial charge is 0.545 e. The van der Waals surface area contributed by atoms with Gasteiger partial charge in [-0.3, -0.25) is 4.79 Å². The third-order valence-electron chi connectivity index (χ3n) is 6.21. The predicted molar refractivity (Wildman–Crippen MR) is 158 cm³/mol. The minimum Gasteiger partial charge on any atom is -0.545 e. The second-order valence-corrected chi connectivity index (χ2v) is 10.8. The Morgan fingerprint density at radius 2 is 1.32 bits per heavy atom. The predicted octanol–water partition coefficient (Wildman–Crippen LogP) is 2.23. The molecule has 0 aliphatic carbocycles. The molecule has 1 heterocycles. The summed E-state index contributed by atoms with van der Waals surface area (Å²) in [5.41, 5.74) is 1.55. The molecule has 10 nitrogen and oxygen atoms in total. The molecule has 0 amide bonds. The molecule has 226 valence electrons. The molecule has 1 aromatic heterocycles. The molecular formula is C33H35N2NaO8. The van der Waals surface area contributed by atoms with E-state index in [-0.39, 0.29) is 76.6 Å². The fourth-order valence-corrected chi connectivity index (χ4v) is 4.52. The van der Waals surface area contributed by atoms with Crippen LogP contribution in [0.15, 0.2) is 64.8 Å². The molecule has 3 aromatic carbocycles. The number of carbonyl (C=O) groups is 2. The van der Waals surface area contributed by atoms with Crippen LogP contribution < -0.4 is 53.6 Å². The summed E-state index contributed by atoms with van der Waals surface area (Å²) in [4.78, 5) is 26.9. The maximum atomic E-state index is 14.1. The monoisotopic (exact) mass is 610 g/mol. The van der Waals surface area contributed by atoms with Gasteiger partial charge >= 0.3 is 29.6 Å². The number of ether oxygens (including phenoxy) is 4. The van der Waals surface area contributed by atoms with Crippen molar-refractivity contribution in [2.24, 2.45) is 0 Å². The largest absolute Gasteiger partial charge is 1.00 e. The topological polar surface area (TPSA) is 133 Å². The molecule has 0 fully saturated rings. The van der Waals surface area contributed by atoms with Crippen LogP contribution >= 0.6 is 0 Å². The van der Waals surface area contributed by atoms with Gasteiger partial charge in [-0.05, 0) is 112 Å². The fourth-order valence-electron chi connectivity index (χ4n) is 4.52. The Hall–Kier alpha value is -3.86. The normalized spacial score (nSPS) is 11.8. The average molecular weight is 611 g/mol. The van der Waals surface area contributed by atoms with Gasteiger partial charge in [0.2, 0.25) is 5.75 Å². The Labute approximate surface area is 278 Å². The van der Waals surface area contributed by atoms with Crippen LogP contribution in [0.1, 0.15) is 63.0 Å². The number of hydrogen-bond acceptors (Lipinski definition) is 10. The Morgan fingerprint density at radius 1 is 0.773 bits per heavy atom. The summed E-state index contributed by atoms with van der Waals surface area (Å²) in [5.74, 6) is -0.211. The minimum absolute atomic E-state index is 0. The van der Waals surface area contributed by atoms with Gasteiger partial charge in [-0.2, -0.15) is 0 Å². The first-order chi connectivity index (χ1) is 20.5. The van der Waals surface area contributed by atoms with Gasteiger partial charge in [0.15, 0.2) is 17.3 Å². The standard InChI is InChI=1S/C33H36N2O8.Na/c1-18(2)40-28-15-21(16-29(41-19(3)4)32(28)42-20(5)6)14-25(31(36)22-8-11-24(39-7)12-9-22)30(33(37)38)23-10-13-26-27(17-23)35-43-34-26;/h8-13,15-20H,14H2,1-7H3,(H,37,38);/q;+1/p-1. The van der Waals surface area contributed by atoms with E-state index in [4.69, 9.17) is 23.6 Å². The first kappa shape index (κ1) is 34.6. The maximum Gasteiger partial charge on any atom is 1.00 e. The van der Waals surface area contributed by atoms with Gasteiger partial charge in [0.1, 0.15) is 16.8 Å². The van der Waals surface area contributed by atoms with Crippen molar-refractivity contribution in [3.05, 3.63) is 76.9 Å². The molecule has 0 aliphatic rings. The van der Waals surface area contributed by atoms with E-state index in [9.17, 15) is 14.7 Å². The number of carboxylic acid groups (broad SMARTS) is 1. The number of fused-ring (bicyclic) bond motifs is 1. The Morgan fingerprint density at radius 3 is 1.84 bits per heavy atom. The van der Waals surface area contributed by atoms with Crippen LogP contribution in [0.4, 0.5) is 0 Å². The first-order valence-electron chi connectivity index (χ1n) is 14.0. The van der Waals surface area contributed by atoms with Crippen molar-refractivity contribution in [1.82, 2.24) is 10.3 Å². The number of carboxylic acids is 1. The van der Waals surface area contributed by atoms with Gasteiger partial charge in [0.05, 0.1) is 31.4 Å². The van der Waals surface area contributed by atoms with Gasteiger partial charge in [-0.1, -0.05) is 6.07 Å². The number of aromatic nitrogens is 2. The van der Waals surface area contributed by atoms with Crippen LogP contribution in [0.3, 0.4) is 0 Å². The SMILES string of the molecule is COc1ccc(C(=O)C(Cc2cc(OC(C)C)c(OC(C)C)c(OC(C)C)c2)=C(C(=O)[O-])c2ccc3nonc3c2)cc1.[Na+]. The second kappa shape index (κ2) is 15.2. The van der Waals surface area contributed by atoms with Crippen LogP contribution in [0.2, 0.25) is 0 Å². The summed E-state index contributed by atoms with van der Waals surface area (Å²) in [7, 11) is 1.52. The van der Waals surface area contributed by atoms with E-state index in [1.165, 1.54) is 13.2 Å².